The molecule has 0 aromatic heterocycles. The van der Waals surface area contributed by atoms with Crippen molar-refractivity contribution in [3.8, 4) is 0 Å². The summed E-state index contributed by atoms with van der Waals surface area (Å²) >= 11 is 3.75. The lowest BCUT2D eigenvalue weighted by atomic mass is 9.94. The third-order valence-corrected chi connectivity index (χ3v) is 5.47. The third-order valence-electron chi connectivity index (χ3n) is 4.39. The summed E-state index contributed by atoms with van der Waals surface area (Å²) < 4.78 is 0. The van der Waals surface area contributed by atoms with Gasteiger partial charge in [0.1, 0.15) is 0 Å². The van der Waals surface area contributed by atoms with Crippen molar-refractivity contribution in [1.29, 1.82) is 0 Å². The fraction of sp³-hybridized carbons (Fsp3) is 0.571. The lowest BCUT2D eigenvalue weighted by Crippen LogP contribution is -2.16. The van der Waals surface area contributed by atoms with Gasteiger partial charge >= 0.3 is 0 Å². The van der Waals surface area contributed by atoms with Crippen LogP contribution in [0.3, 0.4) is 0 Å². The summed E-state index contributed by atoms with van der Waals surface area (Å²) in [5.41, 5.74) is 1.11. The first-order valence-corrected chi connectivity index (χ1v) is 7.43. The van der Waals surface area contributed by atoms with Crippen molar-refractivity contribution >= 4 is 21.6 Å². The summed E-state index contributed by atoms with van der Waals surface area (Å²) in [6.07, 6.45) is 4.80. The van der Waals surface area contributed by atoms with E-state index in [9.17, 15) is 10.1 Å². The van der Waals surface area contributed by atoms with Crippen molar-refractivity contribution in [2.24, 2.45) is 17.8 Å². The first kappa shape index (κ1) is 12.2. The van der Waals surface area contributed by atoms with Crippen LogP contribution in [0.4, 0.5) is 5.69 Å². The number of nitrogens with zero attached hydrogens (tertiary/aromatic N) is 1. The van der Waals surface area contributed by atoms with Crippen LogP contribution in [-0.4, -0.2) is 9.75 Å². The summed E-state index contributed by atoms with van der Waals surface area (Å²) in [6, 6.07) is 7.09. The van der Waals surface area contributed by atoms with Crippen LogP contribution >= 0.6 is 15.9 Å². The Balaban J connectivity index is 1.70. The first-order valence-electron chi connectivity index (χ1n) is 6.51. The molecule has 0 radical (unpaired) electrons. The van der Waals surface area contributed by atoms with Crippen LogP contribution in [0.1, 0.15) is 24.8 Å². The van der Waals surface area contributed by atoms with E-state index in [4.69, 9.17) is 0 Å². The molecule has 0 spiro atoms. The molecule has 0 N–H and O–H groups in total. The summed E-state index contributed by atoms with van der Waals surface area (Å²) in [5.74, 6) is 2.62. The molecule has 4 heteroatoms. The molecule has 0 heterocycles. The van der Waals surface area contributed by atoms with E-state index in [0.29, 0.717) is 10.7 Å². The second-order valence-corrected chi connectivity index (χ2v) is 6.77. The van der Waals surface area contributed by atoms with Crippen LogP contribution < -0.4 is 0 Å². The van der Waals surface area contributed by atoms with E-state index in [1.54, 1.807) is 12.1 Å². The Morgan fingerprint density at radius 2 is 1.94 bits per heavy atom. The predicted molar refractivity (Wildman–Crippen MR) is 73.8 cm³/mol. The van der Waals surface area contributed by atoms with Crippen molar-refractivity contribution < 1.29 is 4.92 Å². The highest BCUT2D eigenvalue weighted by Crippen LogP contribution is 2.56. The Morgan fingerprint density at radius 1 is 1.28 bits per heavy atom. The molecule has 2 aliphatic carbocycles. The van der Waals surface area contributed by atoms with Crippen LogP contribution in [-0.2, 0) is 6.42 Å². The number of nitro groups is 1. The molecule has 96 valence electrons. The molecular weight excluding hydrogens is 294 g/mol. The standard InChI is InChI=1S/C14H16BrNO2/c15-13(12-6-10-5-11(10)7-12)8-9-3-1-2-4-14(9)16(17)18/h1-4,10-13H,5-8H2. The van der Waals surface area contributed by atoms with Gasteiger partial charge in [-0.25, -0.2) is 0 Å². The first-order chi connectivity index (χ1) is 8.65. The highest BCUT2D eigenvalue weighted by molar-refractivity contribution is 9.09. The molecule has 2 saturated carbocycles. The molecule has 18 heavy (non-hydrogen) atoms. The van der Waals surface area contributed by atoms with E-state index in [1.165, 1.54) is 19.3 Å². The SMILES string of the molecule is O=[N+]([O-])c1ccccc1CC(Br)C1CC2CC2C1. The van der Waals surface area contributed by atoms with Gasteiger partial charge in [-0.15, -0.1) is 0 Å². The quantitative estimate of drug-likeness (QED) is 0.480. The number of para-hydroxylation sites is 1. The maximum absolute atomic E-state index is 11.0. The zero-order chi connectivity index (χ0) is 12.7. The second kappa shape index (κ2) is 4.65. The Labute approximate surface area is 115 Å². The topological polar surface area (TPSA) is 43.1 Å². The molecule has 1 aromatic carbocycles. The maximum Gasteiger partial charge on any atom is 0.272 e. The van der Waals surface area contributed by atoms with Crippen LogP contribution in [0.2, 0.25) is 0 Å². The molecule has 3 atom stereocenters. The Morgan fingerprint density at radius 3 is 2.61 bits per heavy atom. The Bertz CT molecular complexity index is 467. The van der Waals surface area contributed by atoms with Crippen LogP contribution in [0.15, 0.2) is 24.3 Å². The number of fused-ring (bicyclic) bond motifs is 1. The van der Waals surface area contributed by atoms with Crippen molar-refractivity contribution in [2.45, 2.75) is 30.5 Å². The van der Waals surface area contributed by atoms with E-state index >= 15 is 0 Å². The van der Waals surface area contributed by atoms with Gasteiger partial charge in [0.2, 0.25) is 0 Å². The fourth-order valence-electron chi connectivity index (χ4n) is 3.30. The van der Waals surface area contributed by atoms with Crippen molar-refractivity contribution in [1.82, 2.24) is 0 Å². The predicted octanol–water partition coefficient (Wildman–Crippen LogP) is 3.95. The molecule has 0 amide bonds. The average molecular weight is 310 g/mol. The number of hydrogen-bond acceptors (Lipinski definition) is 2. The number of halogens is 1. The number of hydrogen-bond donors (Lipinski definition) is 0. The summed E-state index contributed by atoms with van der Waals surface area (Å²) in [4.78, 5) is 11.1. The van der Waals surface area contributed by atoms with Gasteiger partial charge in [-0.2, -0.15) is 0 Å². The summed E-state index contributed by atoms with van der Waals surface area (Å²) in [6.45, 7) is 0. The Kier molecular flexibility index (Phi) is 3.14. The molecule has 3 nitrogen and oxygen atoms in total. The molecule has 1 aromatic rings. The molecule has 2 fully saturated rings. The van der Waals surface area contributed by atoms with Crippen LogP contribution in [0.5, 0.6) is 0 Å². The van der Waals surface area contributed by atoms with Crippen molar-refractivity contribution in [2.75, 3.05) is 0 Å². The minimum atomic E-state index is -0.277. The van der Waals surface area contributed by atoms with Gasteiger partial charge in [-0.3, -0.25) is 10.1 Å². The second-order valence-electron chi connectivity index (χ2n) is 5.59. The molecule has 3 rings (SSSR count). The van der Waals surface area contributed by atoms with Crippen molar-refractivity contribution in [3.05, 3.63) is 39.9 Å². The van der Waals surface area contributed by atoms with Gasteiger partial charge in [-0.1, -0.05) is 34.1 Å². The molecular formula is C14H16BrNO2. The van der Waals surface area contributed by atoms with Crippen LogP contribution in [0, 0.1) is 27.9 Å². The molecule has 0 bridgehead atoms. The highest BCUT2D eigenvalue weighted by Gasteiger charge is 2.47. The third kappa shape index (κ3) is 2.30. The Hall–Kier alpha value is -0.900. The smallest absolute Gasteiger partial charge is 0.258 e. The van der Waals surface area contributed by atoms with Gasteiger partial charge in [0.05, 0.1) is 4.92 Å². The number of nitro benzene ring substituents is 1. The molecule has 0 aliphatic heterocycles. The summed E-state index contributed by atoms with van der Waals surface area (Å²) in [5, 5.41) is 11.0. The lowest BCUT2D eigenvalue weighted by Gasteiger charge is -2.18. The van der Waals surface area contributed by atoms with Crippen LogP contribution in [0.25, 0.3) is 0 Å². The van der Waals surface area contributed by atoms with E-state index in [0.717, 1.165) is 23.8 Å². The van der Waals surface area contributed by atoms with E-state index in [1.807, 2.05) is 12.1 Å². The molecule has 0 saturated heterocycles. The maximum atomic E-state index is 11.0. The molecule has 2 aliphatic rings. The van der Waals surface area contributed by atoms with Crippen molar-refractivity contribution in [3.63, 3.8) is 0 Å². The van der Waals surface area contributed by atoms with Gasteiger partial charge in [0.25, 0.3) is 5.69 Å². The zero-order valence-corrected chi connectivity index (χ0v) is 11.7. The van der Waals surface area contributed by atoms with Gasteiger partial charge in [0.15, 0.2) is 0 Å². The number of benzene rings is 1. The van der Waals surface area contributed by atoms with Gasteiger partial charge < -0.3 is 0 Å². The molecule has 3 unspecified atom stereocenters. The summed E-state index contributed by atoms with van der Waals surface area (Å²) in [7, 11) is 0. The zero-order valence-electron chi connectivity index (χ0n) is 10.1. The van der Waals surface area contributed by atoms with Gasteiger partial charge in [-0.05, 0) is 43.4 Å². The van der Waals surface area contributed by atoms with Gasteiger partial charge in [0, 0.05) is 16.5 Å². The minimum absolute atomic E-state index is 0.255. The fourth-order valence-corrected chi connectivity index (χ4v) is 4.08. The minimum Gasteiger partial charge on any atom is -0.258 e. The lowest BCUT2D eigenvalue weighted by molar-refractivity contribution is -0.385. The normalized spacial score (nSPS) is 30.8. The van der Waals surface area contributed by atoms with E-state index in [2.05, 4.69) is 15.9 Å². The average Bonchev–Trinajstić information content (AvgIpc) is 2.96. The highest BCUT2D eigenvalue weighted by atomic mass is 79.9. The number of alkyl halides is 1. The number of rotatable bonds is 4. The van der Waals surface area contributed by atoms with E-state index < -0.39 is 0 Å². The monoisotopic (exact) mass is 309 g/mol. The largest absolute Gasteiger partial charge is 0.272 e. The van der Waals surface area contributed by atoms with E-state index in [-0.39, 0.29) is 10.6 Å².